The quantitative estimate of drug-likeness (QED) is 0.447. The summed E-state index contributed by atoms with van der Waals surface area (Å²) >= 11 is 1.76. The van der Waals surface area contributed by atoms with E-state index in [1.807, 2.05) is 0 Å². The van der Waals surface area contributed by atoms with Gasteiger partial charge in [0.1, 0.15) is 6.04 Å². The van der Waals surface area contributed by atoms with Crippen LogP contribution in [0.25, 0.3) is 0 Å². The zero-order valence-corrected chi connectivity index (χ0v) is 11.0. The van der Waals surface area contributed by atoms with Crippen molar-refractivity contribution in [3.8, 4) is 0 Å². The number of carbonyl (C=O) groups is 1. The van der Waals surface area contributed by atoms with Gasteiger partial charge in [0.05, 0.1) is 7.11 Å². The molecule has 1 atom stereocenters. The number of aliphatic hydroxyl groups excluding tert-OH is 1. The van der Waals surface area contributed by atoms with Gasteiger partial charge in [0.15, 0.2) is 0 Å². The van der Waals surface area contributed by atoms with Crippen LogP contribution in [0.4, 0.5) is 0 Å². The van der Waals surface area contributed by atoms with Gasteiger partial charge in [0.25, 0.3) is 0 Å². The molecule has 0 bridgehead atoms. The van der Waals surface area contributed by atoms with E-state index in [0.29, 0.717) is 0 Å². The minimum Gasteiger partial charge on any atom is -0.468 e. The smallest absolute Gasteiger partial charge is 0.322 e. The maximum atomic E-state index is 11.4. The summed E-state index contributed by atoms with van der Waals surface area (Å²) in [6.45, 7) is 3.14. The fourth-order valence-corrected chi connectivity index (χ4v) is 2.17. The Balaban J connectivity index is 3.69. The van der Waals surface area contributed by atoms with Gasteiger partial charge in [-0.15, -0.1) is 0 Å². The van der Waals surface area contributed by atoms with E-state index in [2.05, 4.69) is 12.2 Å². The van der Waals surface area contributed by atoms with Crippen molar-refractivity contribution in [2.45, 2.75) is 32.2 Å². The fourth-order valence-electron chi connectivity index (χ4n) is 1.23. The van der Waals surface area contributed by atoms with E-state index in [1.165, 1.54) is 7.11 Å². The number of rotatable bonds is 10. The van der Waals surface area contributed by atoms with Gasteiger partial charge in [-0.25, -0.2) is 0 Å². The van der Waals surface area contributed by atoms with E-state index in [9.17, 15) is 4.79 Å². The monoisotopic (exact) mass is 249 g/mol. The van der Waals surface area contributed by atoms with Gasteiger partial charge in [0, 0.05) is 6.61 Å². The molecule has 0 saturated carbocycles. The first-order valence-electron chi connectivity index (χ1n) is 5.76. The van der Waals surface area contributed by atoms with Crippen LogP contribution in [0.15, 0.2) is 0 Å². The number of aliphatic hydroxyl groups is 1. The van der Waals surface area contributed by atoms with Gasteiger partial charge in [-0.05, 0) is 37.3 Å². The summed E-state index contributed by atoms with van der Waals surface area (Å²) in [6, 6.07) is -0.188. The van der Waals surface area contributed by atoms with E-state index in [-0.39, 0.29) is 18.6 Å². The minimum atomic E-state index is -0.188. The summed E-state index contributed by atoms with van der Waals surface area (Å²) in [4.78, 5) is 11.4. The number of nitrogens with one attached hydrogen (secondary N) is 1. The highest BCUT2D eigenvalue weighted by molar-refractivity contribution is 7.99. The Kier molecular flexibility index (Phi) is 11.0. The normalized spacial score (nSPS) is 12.4. The van der Waals surface area contributed by atoms with Gasteiger partial charge in [-0.2, -0.15) is 11.8 Å². The molecule has 0 radical (unpaired) electrons. The first-order chi connectivity index (χ1) is 7.76. The summed E-state index contributed by atoms with van der Waals surface area (Å²) in [5, 5.41) is 11.8. The molecule has 1 unspecified atom stereocenters. The lowest BCUT2D eigenvalue weighted by molar-refractivity contribution is -0.143. The van der Waals surface area contributed by atoms with Gasteiger partial charge in [0.2, 0.25) is 0 Å². The van der Waals surface area contributed by atoms with Crippen molar-refractivity contribution in [2.75, 3.05) is 31.8 Å². The fraction of sp³-hybridized carbons (Fsp3) is 0.909. The van der Waals surface area contributed by atoms with Crippen LogP contribution < -0.4 is 5.32 Å². The molecule has 0 aliphatic rings. The van der Waals surface area contributed by atoms with Crippen LogP contribution in [0.1, 0.15) is 26.2 Å². The maximum Gasteiger partial charge on any atom is 0.322 e. The Morgan fingerprint density at radius 1 is 1.50 bits per heavy atom. The van der Waals surface area contributed by atoms with Crippen molar-refractivity contribution in [1.82, 2.24) is 5.32 Å². The van der Waals surface area contributed by atoms with Crippen LogP contribution in [0.5, 0.6) is 0 Å². The number of hydrogen-bond donors (Lipinski definition) is 2. The highest BCUT2D eigenvalue weighted by Gasteiger charge is 2.17. The molecule has 0 aromatic carbocycles. The van der Waals surface area contributed by atoms with Crippen LogP contribution in [0.3, 0.4) is 0 Å². The van der Waals surface area contributed by atoms with Crippen molar-refractivity contribution in [3.63, 3.8) is 0 Å². The molecule has 0 heterocycles. The Labute approximate surface area is 102 Å². The number of carbonyl (C=O) groups excluding carboxylic acids is 1. The Bertz CT molecular complexity index is 179. The third kappa shape index (κ3) is 7.96. The minimum absolute atomic E-state index is 0.184. The number of thioether (sulfide) groups is 1. The van der Waals surface area contributed by atoms with Crippen molar-refractivity contribution < 1.29 is 14.6 Å². The van der Waals surface area contributed by atoms with Gasteiger partial charge in [-0.3, -0.25) is 4.79 Å². The molecule has 0 saturated heterocycles. The van der Waals surface area contributed by atoms with Gasteiger partial charge >= 0.3 is 5.97 Å². The number of ether oxygens (including phenoxy) is 1. The van der Waals surface area contributed by atoms with Crippen molar-refractivity contribution >= 4 is 17.7 Å². The average Bonchev–Trinajstić information content (AvgIpc) is 2.31. The van der Waals surface area contributed by atoms with E-state index in [1.54, 1.807) is 11.8 Å². The molecule has 0 amide bonds. The molecular weight excluding hydrogens is 226 g/mol. The van der Waals surface area contributed by atoms with Crippen LogP contribution >= 0.6 is 11.8 Å². The molecule has 2 N–H and O–H groups in total. The third-order valence-corrected chi connectivity index (χ3v) is 3.23. The molecule has 96 valence electrons. The zero-order valence-electron chi connectivity index (χ0n) is 10.2. The molecular formula is C11H23NO3S. The number of methoxy groups -OCH3 is 1. The third-order valence-electron chi connectivity index (χ3n) is 2.12. The van der Waals surface area contributed by atoms with Crippen molar-refractivity contribution in [2.24, 2.45) is 0 Å². The standard InChI is InChI=1S/C11H23NO3S/c1-3-6-12-10(11(14)15-2)5-9-16-8-4-7-13/h10,12-13H,3-9H2,1-2H3. The number of esters is 1. The van der Waals surface area contributed by atoms with Crippen LogP contribution in [-0.2, 0) is 9.53 Å². The van der Waals surface area contributed by atoms with E-state index < -0.39 is 0 Å². The largest absolute Gasteiger partial charge is 0.468 e. The SMILES string of the molecule is CCCNC(CCSCCCO)C(=O)OC. The summed E-state index contributed by atoms with van der Waals surface area (Å²) < 4.78 is 4.74. The molecule has 0 rings (SSSR count). The maximum absolute atomic E-state index is 11.4. The lowest BCUT2D eigenvalue weighted by atomic mass is 10.2. The van der Waals surface area contributed by atoms with Gasteiger partial charge < -0.3 is 15.2 Å². The van der Waals surface area contributed by atoms with Crippen LogP contribution in [-0.4, -0.2) is 48.9 Å². The average molecular weight is 249 g/mol. The summed E-state index contributed by atoms with van der Waals surface area (Å²) in [5.74, 6) is 1.67. The topological polar surface area (TPSA) is 58.6 Å². The Morgan fingerprint density at radius 2 is 2.25 bits per heavy atom. The molecule has 0 spiro atoms. The van der Waals surface area contributed by atoms with E-state index in [4.69, 9.17) is 9.84 Å². The predicted octanol–water partition coefficient (Wildman–Crippen LogP) is 1.03. The van der Waals surface area contributed by atoms with Crippen molar-refractivity contribution in [1.29, 1.82) is 0 Å². The second kappa shape index (κ2) is 11.2. The number of hydrogen-bond acceptors (Lipinski definition) is 5. The van der Waals surface area contributed by atoms with E-state index in [0.717, 1.165) is 37.3 Å². The van der Waals surface area contributed by atoms with Crippen LogP contribution in [0, 0.1) is 0 Å². The first kappa shape index (κ1) is 15.7. The molecule has 0 aliphatic carbocycles. The highest BCUT2D eigenvalue weighted by atomic mass is 32.2. The first-order valence-corrected chi connectivity index (χ1v) is 6.91. The molecule has 0 aromatic rings. The molecule has 4 nitrogen and oxygen atoms in total. The Morgan fingerprint density at radius 3 is 2.81 bits per heavy atom. The lowest BCUT2D eigenvalue weighted by Crippen LogP contribution is -2.38. The molecule has 5 heteroatoms. The zero-order chi connectivity index (χ0) is 12.2. The molecule has 0 aromatic heterocycles. The summed E-state index contributed by atoms with van der Waals surface area (Å²) in [5.41, 5.74) is 0. The molecule has 16 heavy (non-hydrogen) atoms. The second-order valence-electron chi connectivity index (χ2n) is 3.51. The summed E-state index contributed by atoms with van der Waals surface area (Å²) in [6.07, 6.45) is 2.60. The Hall–Kier alpha value is -0.260. The highest BCUT2D eigenvalue weighted by Crippen LogP contribution is 2.07. The lowest BCUT2D eigenvalue weighted by Gasteiger charge is -2.15. The van der Waals surface area contributed by atoms with Crippen molar-refractivity contribution in [3.05, 3.63) is 0 Å². The van der Waals surface area contributed by atoms with Crippen LogP contribution in [0.2, 0.25) is 0 Å². The van der Waals surface area contributed by atoms with E-state index >= 15 is 0 Å². The predicted molar refractivity (Wildman–Crippen MR) is 67.7 cm³/mol. The van der Waals surface area contributed by atoms with Gasteiger partial charge in [-0.1, -0.05) is 6.92 Å². The second-order valence-corrected chi connectivity index (χ2v) is 4.73. The molecule has 0 aliphatic heterocycles. The molecule has 0 fully saturated rings. The summed E-state index contributed by atoms with van der Waals surface area (Å²) in [7, 11) is 1.42.